The van der Waals surface area contributed by atoms with E-state index in [-0.39, 0.29) is 0 Å². The summed E-state index contributed by atoms with van der Waals surface area (Å²) in [5.74, 6) is 1.84. The van der Waals surface area contributed by atoms with E-state index in [2.05, 4.69) is 188 Å². The van der Waals surface area contributed by atoms with Crippen LogP contribution in [0.5, 0.6) is 0 Å². The Balaban J connectivity index is 0.962. The van der Waals surface area contributed by atoms with Gasteiger partial charge in [-0.05, 0) is 63.7 Å². The second-order valence-corrected chi connectivity index (χ2v) is 15.8. The predicted molar refractivity (Wildman–Crippen MR) is 258 cm³/mol. The van der Waals surface area contributed by atoms with Gasteiger partial charge in [-0.15, -0.1) is 0 Å². The number of rotatable bonds is 7. The lowest BCUT2D eigenvalue weighted by atomic mass is 9.94. The van der Waals surface area contributed by atoms with Crippen LogP contribution in [0.15, 0.2) is 223 Å². The van der Waals surface area contributed by atoms with Gasteiger partial charge in [-0.2, -0.15) is 0 Å². The quantitative estimate of drug-likeness (QED) is 0.150. The van der Waals surface area contributed by atoms with E-state index in [1.165, 1.54) is 0 Å². The maximum atomic E-state index is 6.41. The third kappa shape index (κ3) is 6.60. The van der Waals surface area contributed by atoms with Crippen molar-refractivity contribution in [3.63, 3.8) is 0 Å². The van der Waals surface area contributed by atoms with E-state index < -0.39 is 0 Å². The Bertz CT molecular complexity index is 3520. The first-order chi connectivity index (χ1) is 31.2. The molecule has 0 unspecified atom stereocenters. The Morgan fingerprint density at radius 3 is 1.22 bits per heavy atom. The number of fused-ring (bicyclic) bond motifs is 7. The first-order valence-corrected chi connectivity index (χ1v) is 21.1. The molecule has 63 heavy (non-hydrogen) atoms. The first kappa shape index (κ1) is 36.3. The number of hydrogen-bond acceptors (Lipinski definition) is 5. The first-order valence-electron chi connectivity index (χ1n) is 21.1. The molecule has 0 aliphatic heterocycles. The highest BCUT2D eigenvalue weighted by Gasteiger charge is 2.19. The highest BCUT2D eigenvalue weighted by molar-refractivity contribution is 6.28. The van der Waals surface area contributed by atoms with Crippen LogP contribution in [0, 0.1) is 0 Å². The van der Waals surface area contributed by atoms with Crippen LogP contribution in [-0.4, -0.2) is 19.9 Å². The van der Waals surface area contributed by atoms with Crippen molar-refractivity contribution < 1.29 is 4.42 Å². The van der Waals surface area contributed by atoms with Gasteiger partial charge in [-0.25, -0.2) is 19.9 Å². The fraction of sp³-hybridized carbons (Fsp3) is 0. The molecule has 0 spiro atoms. The normalized spacial score (nSPS) is 11.5. The molecule has 294 valence electrons. The maximum absolute atomic E-state index is 6.41. The third-order valence-corrected chi connectivity index (χ3v) is 12.0. The molecule has 5 nitrogen and oxygen atoms in total. The fourth-order valence-electron chi connectivity index (χ4n) is 8.76. The second kappa shape index (κ2) is 15.2. The van der Waals surface area contributed by atoms with Crippen LogP contribution in [0.2, 0.25) is 0 Å². The predicted octanol–water partition coefficient (Wildman–Crippen LogP) is 15.1. The number of benzene rings is 9. The van der Waals surface area contributed by atoms with Gasteiger partial charge in [0.05, 0.1) is 11.2 Å². The molecular formula is C58H36N4O. The van der Waals surface area contributed by atoms with Gasteiger partial charge >= 0.3 is 0 Å². The summed E-state index contributed by atoms with van der Waals surface area (Å²) in [5.41, 5.74) is 14.2. The molecule has 12 rings (SSSR count). The maximum Gasteiger partial charge on any atom is 0.164 e. The Kier molecular flexibility index (Phi) is 8.75. The molecule has 3 heterocycles. The summed E-state index contributed by atoms with van der Waals surface area (Å²) in [6, 6.07) is 75.7. The zero-order chi connectivity index (χ0) is 41.7. The van der Waals surface area contributed by atoms with Crippen molar-refractivity contribution in [1.29, 1.82) is 0 Å². The summed E-state index contributed by atoms with van der Waals surface area (Å²) in [7, 11) is 0. The van der Waals surface area contributed by atoms with Crippen LogP contribution in [-0.2, 0) is 0 Å². The number of hydrogen-bond donors (Lipinski definition) is 0. The summed E-state index contributed by atoms with van der Waals surface area (Å²) in [5, 5.41) is 5.50. The molecule has 0 aliphatic carbocycles. The van der Waals surface area contributed by atoms with E-state index >= 15 is 0 Å². The minimum absolute atomic E-state index is 0.609. The summed E-state index contributed by atoms with van der Waals surface area (Å²) < 4.78 is 6.41. The van der Waals surface area contributed by atoms with Crippen LogP contribution in [0.1, 0.15) is 0 Å². The van der Waals surface area contributed by atoms with Gasteiger partial charge in [0.15, 0.2) is 17.5 Å². The highest BCUT2D eigenvalue weighted by atomic mass is 16.3. The molecule has 3 aromatic heterocycles. The molecule has 0 atom stereocenters. The Hall–Kier alpha value is -8.54. The molecule has 9 aromatic carbocycles. The van der Waals surface area contributed by atoms with Gasteiger partial charge in [-0.3, -0.25) is 0 Å². The number of aromatic nitrogens is 4. The lowest BCUT2D eigenvalue weighted by molar-refractivity contribution is 0.669. The van der Waals surface area contributed by atoms with Crippen LogP contribution in [0.25, 0.3) is 122 Å². The average molecular weight is 805 g/mol. The van der Waals surface area contributed by atoms with E-state index in [1.807, 2.05) is 30.3 Å². The van der Waals surface area contributed by atoms with E-state index in [1.54, 1.807) is 0 Å². The van der Waals surface area contributed by atoms with Crippen molar-refractivity contribution in [2.24, 2.45) is 0 Å². The van der Waals surface area contributed by atoms with Crippen LogP contribution in [0.4, 0.5) is 0 Å². The van der Waals surface area contributed by atoms with Crippen LogP contribution >= 0.6 is 0 Å². The zero-order valence-electron chi connectivity index (χ0n) is 34.0. The summed E-state index contributed by atoms with van der Waals surface area (Å²) in [4.78, 5) is 20.5. The third-order valence-electron chi connectivity index (χ3n) is 12.0. The molecule has 0 saturated carbocycles. The molecule has 0 amide bonds. The Morgan fingerprint density at radius 2 is 0.683 bits per heavy atom. The second-order valence-electron chi connectivity index (χ2n) is 15.8. The lowest BCUT2D eigenvalue weighted by Gasteiger charge is -2.13. The summed E-state index contributed by atoms with van der Waals surface area (Å²) in [6.07, 6.45) is 0. The lowest BCUT2D eigenvalue weighted by Crippen LogP contribution is -2.00. The van der Waals surface area contributed by atoms with Gasteiger partial charge in [0.25, 0.3) is 0 Å². The van der Waals surface area contributed by atoms with Crippen molar-refractivity contribution >= 4 is 43.6 Å². The molecule has 0 N–H and O–H groups in total. The van der Waals surface area contributed by atoms with Gasteiger partial charge in [0, 0.05) is 49.2 Å². The SMILES string of the molecule is c1ccc(-c2ccc(-c3nc(-c4ccc(-c5ccccc5)cc4)nc(-c4ccc(-c5ccc6nc(-c7ccccc7)c7ccc8oc9ccccc9c8c7c6c5)cc4)n3)cc2)cc1. The Morgan fingerprint density at radius 1 is 0.254 bits per heavy atom. The van der Waals surface area contributed by atoms with Crippen molar-refractivity contribution in [3.8, 4) is 78.8 Å². The molecule has 12 aromatic rings. The molecule has 0 saturated heterocycles. The number of pyridine rings is 1. The van der Waals surface area contributed by atoms with Gasteiger partial charge in [0.1, 0.15) is 11.2 Å². The molecule has 0 aliphatic rings. The molecule has 0 fully saturated rings. The number of nitrogens with zero attached hydrogens (tertiary/aromatic N) is 4. The number of furan rings is 1. The van der Waals surface area contributed by atoms with Gasteiger partial charge < -0.3 is 4.42 Å². The van der Waals surface area contributed by atoms with Gasteiger partial charge in [-0.1, -0.05) is 188 Å². The van der Waals surface area contributed by atoms with Gasteiger partial charge in [0.2, 0.25) is 0 Å². The largest absolute Gasteiger partial charge is 0.456 e. The monoisotopic (exact) mass is 804 g/mol. The van der Waals surface area contributed by atoms with Crippen LogP contribution < -0.4 is 0 Å². The van der Waals surface area contributed by atoms with Crippen molar-refractivity contribution in [3.05, 3.63) is 218 Å². The summed E-state index contributed by atoms with van der Waals surface area (Å²) >= 11 is 0. The van der Waals surface area contributed by atoms with Crippen molar-refractivity contribution in [2.75, 3.05) is 0 Å². The minimum atomic E-state index is 0.609. The van der Waals surface area contributed by atoms with Crippen LogP contribution in [0.3, 0.4) is 0 Å². The zero-order valence-corrected chi connectivity index (χ0v) is 34.0. The number of para-hydroxylation sites is 1. The fourth-order valence-corrected chi connectivity index (χ4v) is 8.76. The van der Waals surface area contributed by atoms with E-state index in [4.69, 9.17) is 24.4 Å². The minimum Gasteiger partial charge on any atom is -0.456 e. The molecule has 0 radical (unpaired) electrons. The van der Waals surface area contributed by atoms with E-state index in [0.29, 0.717) is 17.5 Å². The topological polar surface area (TPSA) is 64.7 Å². The average Bonchev–Trinajstić information content (AvgIpc) is 3.76. The molecule has 5 heteroatoms. The Labute approximate surface area is 363 Å². The smallest absolute Gasteiger partial charge is 0.164 e. The molecule has 0 bridgehead atoms. The molecular weight excluding hydrogens is 769 g/mol. The highest BCUT2D eigenvalue weighted by Crippen LogP contribution is 2.42. The standard InChI is InChI=1S/C58H36N4O/c1-4-12-37(13-5-1)39-20-26-43(27-21-39)56-60-57(44-28-22-40(23-29-44)38-14-6-2-7-15-38)62-58(61-56)45-30-24-41(25-31-45)46-32-34-50-49(36-46)53-48(55(59-50)42-16-8-3-9-17-42)33-35-52-54(53)47-18-10-11-19-51(47)63-52/h1-36H. The van der Waals surface area contributed by atoms with Crippen molar-refractivity contribution in [1.82, 2.24) is 19.9 Å². The summed E-state index contributed by atoms with van der Waals surface area (Å²) in [6.45, 7) is 0. The van der Waals surface area contributed by atoms with Crippen molar-refractivity contribution in [2.45, 2.75) is 0 Å². The van der Waals surface area contributed by atoms with E-state index in [0.717, 1.165) is 105 Å². The van der Waals surface area contributed by atoms with E-state index in [9.17, 15) is 0 Å².